The van der Waals surface area contributed by atoms with Crippen LogP contribution in [0.1, 0.15) is 84.6 Å². The van der Waals surface area contributed by atoms with Crippen molar-refractivity contribution in [1.82, 2.24) is 0 Å². The summed E-state index contributed by atoms with van der Waals surface area (Å²) >= 11 is 0. The van der Waals surface area contributed by atoms with Gasteiger partial charge in [0, 0.05) is 0 Å². The first-order valence-corrected chi connectivity index (χ1v) is 7.27. The SMILES string of the molecule is C.C.C.C#CC#CC.C#CC#CC#CC.CC#CC.CC(C)C(C)(C)C. The number of terminal acetylenes is 2. The highest BCUT2D eigenvalue weighted by atomic mass is 14.2. The number of hydrogen-bond acceptors (Lipinski definition) is 0. The molecule has 0 spiro atoms. The molecule has 0 N–H and O–H groups in total. The second kappa shape index (κ2) is 38.1. The van der Waals surface area contributed by atoms with Gasteiger partial charge in [-0.25, -0.2) is 0 Å². The Hall–Kier alpha value is -2.64. The molecule has 0 heterocycles. The molecule has 0 saturated carbocycles. The first-order chi connectivity index (χ1) is 10.7. The molecule has 0 aromatic carbocycles. The van der Waals surface area contributed by atoms with E-state index < -0.39 is 0 Å². The second-order valence-corrected chi connectivity index (χ2v) is 5.31. The highest BCUT2D eigenvalue weighted by Gasteiger charge is 2.13. The van der Waals surface area contributed by atoms with E-state index in [1.165, 1.54) is 0 Å². The Balaban J connectivity index is -0.0000000364. The van der Waals surface area contributed by atoms with E-state index in [0.717, 1.165) is 5.92 Å². The molecule has 0 aliphatic heterocycles. The lowest BCUT2D eigenvalue weighted by Crippen LogP contribution is -2.12. The molecule has 0 aliphatic carbocycles. The van der Waals surface area contributed by atoms with Crippen molar-refractivity contribution in [1.29, 1.82) is 0 Å². The van der Waals surface area contributed by atoms with Gasteiger partial charge in [0.2, 0.25) is 0 Å². The summed E-state index contributed by atoms with van der Waals surface area (Å²) < 4.78 is 0. The molecule has 0 aromatic heterocycles. The van der Waals surface area contributed by atoms with E-state index in [0.29, 0.717) is 5.41 Å². The lowest BCUT2D eigenvalue weighted by atomic mass is 9.84. The molecule has 0 fully saturated rings. The first-order valence-electron chi connectivity index (χ1n) is 7.27. The third-order valence-corrected chi connectivity index (χ3v) is 2.50. The minimum Gasteiger partial charge on any atom is -0.107 e. The van der Waals surface area contributed by atoms with Gasteiger partial charge in [0.1, 0.15) is 0 Å². The first kappa shape index (κ1) is 43.6. The quantitative estimate of drug-likeness (QED) is 0.414. The lowest BCUT2D eigenvalue weighted by molar-refractivity contribution is 0.283. The standard InChI is InChI=1S/C7H16.C7H4.C5H4.C4H6.3CH4/c1-6(2)7(3,4)5;1-3-5-7-6-4-2;1-3-5-4-2;1-3-4-2;;;/h6H,1-5H3;1H,2H3;1H,2H3;1-2H3;3*1H4. The Kier molecular flexibility index (Phi) is 64.0. The molecule has 0 amide bonds. The fraction of sp³-hybridized carbons (Fsp3) is 0.538. The van der Waals surface area contributed by atoms with Crippen molar-refractivity contribution in [3.05, 3.63) is 0 Å². The van der Waals surface area contributed by atoms with Gasteiger partial charge in [0.25, 0.3) is 0 Å². The van der Waals surface area contributed by atoms with Crippen LogP contribution in [0.2, 0.25) is 0 Å². The van der Waals surface area contributed by atoms with E-state index in [4.69, 9.17) is 12.8 Å². The lowest BCUT2D eigenvalue weighted by Gasteiger charge is -2.22. The van der Waals surface area contributed by atoms with Crippen LogP contribution in [-0.2, 0) is 0 Å². The monoisotopic (exact) mass is 354 g/mol. The Bertz CT molecular complexity index is 571. The molecular formula is C26H42. The van der Waals surface area contributed by atoms with E-state index in [-0.39, 0.29) is 22.3 Å². The molecule has 0 bridgehead atoms. The minimum atomic E-state index is 0. The molecule has 0 aliphatic rings. The third-order valence-electron chi connectivity index (χ3n) is 2.50. The van der Waals surface area contributed by atoms with E-state index in [1.807, 2.05) is 13.8 Å². The fourth-order valence-electron chi connectivity index (χ4n) is 0.202. The molecule has 26 heavy (non-hydrogen) atoms. The van der Waals surface area contributed by atoms with Crippen LogP contribution >= 0.6 is 0 Å². The van der Waals surface area contributed by atoms with E-state index in [9.17, 15) is 0 Å². The molecule has 0 radical (unpaired) electrons. The molecule has 0 atom stereocenters. The van der Waals surface area contributed by atoms with Crippen LogP contribution in [0.4, 0.5) is 0 Å². The molecule has 0 aromatic rings. The smallest absolute Gasteiger partial charge is 0.00108 e. The Morgan fingerprint density at radius 1 is 0.577 bits per heavy atom. The van der Waals surface area contributed by atoms with Gasteiger partial charge in [-0.3, -0.25) is 0 Å². The summed E-state index contributed by atoms with van der Waals surface area (Å²) in [5.74, 6) is 25.2. The topological polar surface area (TPSA) is 0 Å². The zero-order chi connectivity index (χ0) is 19.1. The predicted molar refractivity (Wildman–Crippen MR) is 126 cm³/mol. The molecule has 0 unspecified atom stereocenters. The maximum Gasteiger partial charge on any atom is -0.00108 e. The fourth-order valence-corrected chi connectivity index (χ4v) is 0.202. The van der Waals surface area contributed by atoms with E-state index in [2.05, 4.69) is 93.8 Å². The van der Waals surface area contributed by atoms with Crippen molar-refractivity contribution in [2.24, 2.45) is 11.3 Å². The van der Waals surface area contributed by atoms with Crippen LogP contribution in [0.15, 0.2) is 0 Å². The van der Waals surface area contributed by atoms with Crippen LogP contribution in [0.3, 0.4) is 0 Å². The van der Waals surface area contributed by atoms with Crippen LogP contribution in [0.5, 0.6) is 0 Å². The van der Waals surface area contributed by atoms with Crippen molar-refractivity contribution in [3.63, 3.8) is 0 Å². The third kappa shape index (κ3) is 82.5. The van der Waals surface area contributed by atoms with Crippen molar-refractivity contribution in [3.8, 4) is 72.1 Å². The summed E-state index contributed by atoms with van der Waals surface area (Å²) in [6.07, 6.45) is 9.49. The van der Waals surface area contributed by atoms with Crippen molar-refractivity contribution in [2.75, 3.05) is 0 Å². The molecule has 0 heteroatoms. The summed E-state index contributed by atoms with van der Waals surface area (Å²) in [4.78, 5) is 0. The van der Waals surface area contributed by atoms with Crippen LogP contribution in [-0.4, -0.2) is 0 Å². The molecule has 0 rings (SSSR count). The zero-order valence-corrected chi connectivity index (χ0v) is 16.2. The maximum atomic E-state index is 4.78. The summed E-state index contributed by atoms with van der Waals surface area (Å²) in [6.45, 7) is 18.3. The predicted octanol–water partition coefficient (Wildman–Crippen LogP) is 6.92. The second-order valence-electron chi connectivity index (χ2n) is 5.31. The Morgan fingerprint density at radius 2 is 0.885 bits per heavy atom. The van der Waals surface area contributed by atoms with Gasteiger partial charge in [0.05, 0.1) is 0 Å². The van der Waals surface area contributed by atoms with Gasteiger partial charge < -0.3 is 0 Å². The van der Waals surface area contributed by atoms with Gasteiger partial charge >= 0.3 is 0 Å². The van der Waals surface area contributed by atoms with Gasteiger partial charge in [-0.2, -0.15) is 0 Å². The van der Waals surface area contributed by atoms with Crippen LogP contribution in [0.25, 0.3) is 0 Å². The zero-order valence-electron chi connectivity index (χ0n) is 16.2. The average Bonchev–Trinajstić information content (AvgIpc) is 2.49. The van der Waals surface area contributed by atoms with Crippen molar-refractivity contribution >= 4 is 0 Å². The summed E-state index contributed by atoms with van der Waals surface area (Å²) in [5, 5.41) is 0. The van der Waals surface area contributed by atoms with Gasteiger partial charge in [-0.1, -0.05) is 68.7 Å². The number of hydrogen-bond donors (Lipinski definition) is 0. The van der Waals surface area contributed by atoms with Crippen molar-refractivity contribution < 1.29 is 0 Å². The van der Waals surface area contributed by atoms with Gasteiger partial charge in [0.15, 0.2) is 0 Å². The molecule has 0 saturated heterocycles. The van der Waals surface area contributed by atoms with Crippen LogP contribution < -0.4 is 0 Å². The summed E-state index contributed by atoms with van der Waals surface area (Å²) in [5.41, 5.74) is 0.500. The normalized spacial score (nSPS) is 5.54. The minimum absolute atomic E-state index is 0. The van der Waals surface area contributed by atoms with E-state index >= 15 is 0 Å². The van der Waals surface area contributed by atoms with Crippen molar-refractivity contribution in [2.45, 2.75) is 84.6 Å². The molecular weight excluding hydrogens is 312 g/mol. The number of rotatable bonds is 0. The largest absolute Gasteiger partial charge is 0.107 e. The average molecular weight is 355 g/mol. The highest BCUT2D eigenvalue weighted by Crippen LogP contribution is 2.23. The maximum absolute atomic E-state index is 4.78. The van der Waals surface area contributed by atoms with Gasteiger partial charge in [-0.05, 0) is 74.6 Å². The summed E-state index contributed by atoms with van der Waals surface area (Å²) in [7, 11) is 0. The highest BCUT2D eigenvalue weighted by molar-refractivity contribution is 5.33. The van der Waals surface area contributed by atoms with E-state index in [1.54, 1.807) is 13.8 Å². The Morgan fingerprint density at radius 3 is 1.00 bits per heavy atom. The van der Waals surface area contributed by atoms with Crippen LogP contribution in [0, 0.1) is 83.4 Å². The molecule has 146 valence electrons. The Labute approximate surface area is 168 Å². The molecule has 0 nitrogen and oxygen atoms in total. The summed E-state index contributed by atoms with van der Waals surface area (Å²) in [6, 6.07) is 0. The van der Waals surface area contributed by atoms with Gasteiger partial charge in [-0.15, -0.1) is 24.7 Å².